The first kappa shape index (κ1) is 10.2. The van der Waals surface area contributed by atoms with Gasteiger partial charge in [-0.15, -0.1) is 0 Å². The largest absolute Gasteiger partial charge is 0.472 e. The molecule has 3 nitrogen and oxygen atoms in total. The highest BCUT2D eigenvalue weighted by Gasteiger charge is 2.17. The summed E-state index contributed by atoms with van der Waals surface area (Å²) < 4.78 is 6.48. The maximum absolute atomic E-state index is 5.77. The van der Waals surface area contributed by atoms with E-state index in [1.54, 1.807) is 12.3 Å². The Morgan fingerprint density at radius 2 is 2.50 bits per heavy atom. The monoisotopic (exact) mass is 276 g/mol. The van der Waals surface area contributed by atoms with Gasteiger partial charge in [-0.2, -0.15) is 0 Å². The van der Waals surface area contributed by atoms with E-state index in [0.717, 1.165) is 24.0 Å². The Morgan fingerprint density at radius 1 is 1.64 bits per heavy atom. The SMILES string of the molecule is Clc1cnc(OC2CCNC2)c(Br)c1. The zero-order valence-corrected chi connectivity index (χ0v) is 9.81. The summed E-state index contributed by atoms with van der Waals surface area (Å²) in [6.45, 7) is 1.90. The molecule has 0 bridgehead atoms. The number of ether oxygens (including phenoxy) is 1. The standard InChI is InChI=1S/C9H10BrClN2O/c10-8-3-6(11)4-13-9(8)14-7-1-2-12-5-7/h3-4,7,12H,1-2,5H2. The Labute approximate surface area is 95.9 Å². The first-order valence-electron chi connectivity index (χ1n) is 4.44. The van der Waals surface area contributed by atoms with E-state index in [0.29, 0.717) is 10.9 Å². The summed E-state index contributed by atoms with van der Waals surface area (Å²) in [4.78, 5) is 4.11. The molecule has 0 saturated carbocycles. The molecule has 1 aliphatic rings. The molecular weight excluding hydrogens is 267 g/mol. The van der Waals surface area contributed by atoms with E-state index in [-0.39, 0.29) is 6.10 Å². The fourth-order valence-electron chi connectivity index (χ4n) is 1.38. The Morgan fingerprint density at radius 3 is 3.14 bits per heavy atom. The zero-order chi connectivity index (χ0) is 9.97. The van der Waals surface area contributed by atoms with Crippen LogP contribution in [-0.4, -0.2) is 24.2 Å². The number of pyridine rings is 1. The average Bonchev–Trinajstić information content (AvgIpc) is 2.62. The Bertz CT molecular complexity index is 329. The van der Waals surface area contributed by atoms with Crippen LogP contribution < -0.4 is 10.1 Å². The molecule has 0 aliphatic carbocycles. The minimum absolute atomic E-state index is 0.222. The van der Waals surface area contributed by atoms with Gasteiger partial charge in [0.05, 0.1) is 9.50 Å². The van der Waals surface area contributed by atoms with Gasteiger partial charge in [-0.3, -0.25) is 0 Å². The number of halogens is 2. The van der Waals surface area contributed by atoms with Crippen molar-refractivity contribution < 1.29 is 4.74 Å². The molecule has 14 heavy (non-hydrogen) atoms. The molecule has 2 heterocycles. The van der Waals surface area contributed by atoms with Crippen LogP contribution in [0.25, 0.3) is 0 Å². The third-order valence-corrected chi connectivity index (χ3v) is 2.84. The fraction of sp³-hybridized carbons (Fsp3) is 0.444. The summed E-state index contributed by atoms with van der Waals surface area (Å²) in [6, 6.07) is 1.78. The number of hydrogen-bond donors (Lipinski definition) is 1. The van der Waals surface area contributed by atoms with Crippen molar-refractivity contribution in [2.45, 2.75) is 12.5 Å². The lowest BCUT2D eigenvalue weighted by Crippen LogP contribution is -2.20. The van der Waals surface area contributed by atoms with Crippen molar-refractivity contribution in [2.24, 2.45) is 0 Å². The minimum atomic E-state index is 0.222. The lowest BCUT2D eigenvalue weighted by atomic mass is 10.3. The molecule has 5 heteroatoms. The maximum atomic E-state index is 5.77. The molecule has 0 radical (unpaired) electrons. The van der Waals surface area contributed by atoms with Crippen LogP contribution in [0.4, 0.5) is 0 Å². The van der Waals surface area contributed by atoms with Crippen LogP contribution >= 0.6 is 27.5 Å². The summed E-state index contributed by atoms with van der Waals surface area (Å²) in [7, 11) is 0. The zero-order valence-electron chi connectivity index (χ0n) is 7.46. The second-order valence-corrected chi connectivity index (χ2v) is 4.46. The lowest BCUT2D eigenvalue weighted by molar-refractivity contribution is 0.212. The molecule has 1 atom stereocenters. The first-order chi connectivity index (χ1) is 6.75. The second kappa shape index (κ2) is 4.47. The second-order valence-electron chi connectivity index (χ2n) is 3.17. The van der Waals surface area contributed by atoms with Crippen molar-refractivity contribution in [3.05, 3.63) is 21.8 Å². The van der Waals surface area contributed by atoms with Gasteiger partial charge < -0.3 is 10.1 Å². The van der Waals surface area contributed by atoms with Crippen LogP contribution in [-0.2, 0) is 0 Å². The van der Waals surface area contributed by atoms with Crippen molar-refractivity contribution in [1.82, 2.24) is 10.3 Å². The summed E-state index contributed by atoms with van der Waals surface area (Å²) in [6.07, 6.45) is 2.83. The smallest absolute Gasteiger partial charge is 0.228 e. The van der Waals surface area contributed by atoms with E-state index in [9.17, 15) is 0 Å². The van der Waals surface area contributed by atoms with Crippen LogP contribution in [0.5, 0.6) is 5.88 Å². The molecule has 1 unspecified atom stereocenters. The molecule has 1 aromatic heterocycles. The lowest BCUT2D eigenvalue weighted by Gasteiger charge is -2.12. The van der Waals surface area contributed by atoms with Gasteiger partial charge in [0.15, 0.2) is 0 Å². The van der Waals surface area contributed by atoms with Crippen molar-refractivity contribution in [2.75, 3.05) is 13.1 Å². The highest BCUT2D eigenvalue weighted by atomic mass is 79.9. The molecule has 76 valence electrons. The number of nitrogens with zero attached hydrogens (tertiary/aromatic N) is 1. The highest BCUT2D eigenvalue weighted by molar-refractivity contribution is 9.10. The van der Waals surface area contributed by atoms with Gasteiger partial charge in [0.1, 0.15) is 6.10 Å². The molecule has 0 aromatic carbocycles. The normalized spacial score (nSPS) is 21.1. The van der Waals surface area contributed by atoms with E-state index in [4.69, 9.17) is 16.3 Å². The number of aromatic nitrogens is 1. The number of nitrogens with one attached hydrogen (secondary N) is 1. The van der Waals surface area contributed by atoms with Crippen LogP contribution in [0.3, 0.4) is 0 Å². The highest BCUT2D eigenvalue weighted by Crippen LogP contribution is 2.26. The van der Waals surface area contributed by atoms with Crippen LogP contribution in [0.1, 0.15) is 6.42 Å². The van der Waals surface area contributed by atoms with Crippen molar-refractivity contribution >= 4 is 27.5 Å². The molecular formula is C9H10BrClN2O. The molecule has 0 amide bonds. The van der Waals surface area contributed by atoms with Crippen LogP contribution in [0, 0.1) is 0 Å². The topological polar surface area (TPSA) is 34.1 Å². The molecule has 1 aliphatic heterocycles. The summed E-state index contributed by atoms with van der Waals surface area (Å²) in [5.74, 6) is 0.614. The predicted octanol–water partition coefficient (Wildman–Crippen LogP) is 2.24. The predicted molar refractivity (Wildman–Crippen MR) is 58.8 cm³/mol. The van der Waals surface area contributed by atoms with Crippen LogP contribution in [0.15, 0.2) is 16.7 Å². The molecule has 1 aromatic rings. The molecule has 2 rings (SSSR count). The third-order valence-electron chi connectivity index (χ3n) is 2.07. The minimum Gasteiger partial charge on any atom is -0.472 e. The molecule has 1 saturated heterocycles. The fourth-order valence-corrected chi connectivity index (χ4v) is 2.11. The van der Waals surface area contributed by atoms with Gasteiger partial charge in [0, 0.05) is 12.7 Å². The Kier molecular flexibility index (Phi) is 3.26. The molecule has 0 spiro atoms. The van der Waals surface area contributed by atoms with E-state index >= 15 is 0 Å². The number of rotatable bonds is 2. The van der Waals surface area contributed by atoms with Crippen LogP contribution in [0.2, 0.25) is 5.02 Å². The number of hydrogen-bond acceptors (Lipinski definition) is 3. The van der Waals surface area contributed by atoms with Gasteiger partial charge in [-0.1, -0.05) is 11.6 Å². The van der Waals surface area contributed by atoms with E-state index < -0.39 is 0 Å². The van der Waals surface area contributed by atoms with E-state index in [2.05, 4.69) is 26.2 Å². The maximum Gasteiger partial charge on any atom is 0.228 e. The van der Waals surface area contributed by atoms with Crippen molar-refractivity contribution in [1.29, 1.82) is 0 Å². The summed E-state index contributed by atoms with van der Waals surface area (Å²) in [5, 5.41) is 3.83. The Balaban J connectivity index is 2.08. The van der Waals surface area contributed by atoms with Crippen molar-refractivity contribution in [3.8, 4) is 5.88 Å². The van der Waals surface area contributed by atoms with Crippen molar-refractivity contribution in [3.63, 3.8) is 0 Å². The van der Waals surface area contributed by atoms with E-state index in [1.807, 2.05) is 0 Å². The van der Waals surface area contributed by atoms with Gasteiger partial charge in [-0.05, 0) is 35.0 Å². The quantitative estimate of drug-likeness (QED) is 0.900. The van der Waals surface area contributed by atoms with Gasteiger partial charge in [0.25, 0.3) is 0 Å². The van der Waals surface area contributed by atoms with Gasteiger partial charge >= 0.3 is 0 Å². The summed E-state index contributed by atoms with van der Waals surface area (Å²) in [5.41, 5.74) is 0. The van der Waals surface area contributed by atoms with Gasteiger partial charge in [0.2, 0.25) is 5.88 Å². The third kappa shape index (κ3) is 2.38. The van der Waals surface area contributed by atoms with Gasteiger partial charge in [-0.25, -0.2) is 4.98 Å². The molecule has 1 fully saturated rings. The summed E-state index contributed by atoms with van der Waals surface area (Å²) >= 11 is 9.14. The Hall–Kier alpha value is -0.320. The first-order valence-corrected chi connectivity index (χ1v) is 5.61. The van der Waals surface area contributed by atoms with E-state index in [1.165, 1.54) is 0 Å². The average molecular weight is 278 g/mol. The molecule has 1 N–H and O–H groups in total.